The van der Waals surface area contributed by atoms with Crippen molar-refractivity contribution in [2.45, 2.75) is 38.5 Å². The van der Waals surface area contributed by atoms with Crippen LogP contribution in [0.3, 0.4) is 0 Å². The van der Waals surface area contributed by atoms with Gasteiger partial charge in [0.25, 0.3) is 5.91 Å². The third-order valence-electron chi connectivity index (χ3n) is 5.13. The molecule has 1 spiro atoms. The number of carbonyl (C=O) groups excluding carboxylic acids is 1. The van der Waals surface area contributed by atoms with Gasteiger partial charge in [-0.05, 0) is 25.8 Å². The maximum absolute atomic E-state index is 11.8. The fraction of sp³-hybridized carbons (Fsp3) is 0.529. The van der Waals surface area contributed by atoms with Crippen LogP contribution in [0.25, 0.3) is 0 Å². The van der Waals surface area contributed by atoms with E-state index in [0.29, 0.717) is 18.8 Å². The van der Waals surface area contributed by atoms with Gasteiger partial charge < -0.3 is 15.0 Å². The van der Waals surface area contributed by atoms with E-state index in [1.807, 2.05) is 23.9 Å². The first-order valence-electron chi connectivity index (χ1n) is 8.54. The number of amides is 1. The highest BCUT2D eigenvalue weighted by Crippen LogP contribution is 2.34. The summed E-state index contributed by atoms with van der Waals surface area (Å²) in [5.41, 5.74) is 2.29. The Hall–Kier alpha value is -2.48. The average molecular weight is 342 g/mol. The molecule has 4 rings (SSSR count). The molecule has 1 amide bonds. The number of hydrogen-bond acceptors (Lipinski definition) is 6. The maximum Gasteiger partial charge on any atom is 0.271 e. The molecule has 25 heavy (non-hydrogen) atoms. The summed E-state index contributed by atoms with van der Waals surface area (Å²) in [5, 5.41) is 7.07. The third kappa shape index (κ3) is 2.86. The Morgan fingerprint density at radius 1 is 1.36 bits per heavy atom. The molecule has 0 bridgehead atoms. The molecule has 1 N–H and O–H groups in total. The zero-order valence-electron chi connectivity index (χ0n) is 14.5. The normalized spacial score (nSPS) is 18.9. The Morgan fingerprint density at radius 2 is 2.16 bits per heavy atom. The number of carbonyl (C=O) groups is 1. The Balaban J connectivity index is 1.48. The lowest BCUT2D eigenvalue weighted by molar-refractivity contribution is -0.106. The predicted molar refractivity (Wildman–Crippen MR) is 91.4 cm³/mol. The predicted octanol–water partition coefficient (Wildman–Crippen LogP) is 0.911. The van der Waals surface area contributed by atoms with Crippen LogP contribution in [0.2, 0.25) is 0 Å². The minimum Gasteiger partial charge on any atom is -0.367 e. The second-order valence-electron chi connectivity index (χ2n) is 6.75. The molecule has 2 aliphatic rings. The van der Waals surface area contributed by atoms with Crippen molar-refractivity contribution in [2.24, 2.45) is 0 Å². The fourth-order valence-electron chi connectivity index (χ4n) is 3.65. The van der Waals surface area contributed by atoms with E-state index in [2.05, 4.69) is 25.3 Å². The Kier molecular flexibility index (Phi) is 3.91. The molecule has 1 saturated heterocycles. The molecule has 0 unspecified atom stereocenters. The van der Waals surface area contributed by atoms with Gasteiger partial charge in [-0.25, -0.2) is 9.97 Å². The Bertz CT molecular complexity index is 794. The lowest BCUT2D eigenvalue weighted by atomic mass is 9.90. The van der Waals surface area contributed by atoms with Crippen LogP contribution in [0.4, 0.5) is 5.82 Å². The highest BCUT2D eigenvalue weighted by molar-refractivity contribution is 5.92. The number of anilines is 1. The zero-order valence-corrected chi connectivity index (χ0v) is 14.5. The van der Waals surface area contributed by atoms with Gasteiger partial charge in [0.1, 0.15) is 12.1 Å². The summed E-state index contributed by atoms with van der Waals surface area (Å²) < 4.78 is 8.15. The van der Waals surface area contributed by atoms with Crippen LogP contribution < -0.4 is 10.2 Å². The number of aromatic nitrogens is 4. The minimum absolute atomic E-state index is 0.162. The SMILES string of the molecule is CNC(=O)c1cc2n(n1)CC1(CCN(c3ncncc3C)CC1)OC2. The molecular formula is C17H22N6O2. The molecule has 0 aliphatic carbocycles. The molecule has 0 saturated carbocycles. The molecule has 132 valence electrons. The number of nitrogens with one attached hydrogen (secondary N) is 1. The molecule has 0 radical (unpaired) electrons. The van der Waals surface area contributed by atoms with Crippen molar-refractivity contribution in [2.75, 3.05) is 25.0 Å². The topological polar surface area (TPSA) is 85.2 Å². The van der Waals surface area contributed by atoms with E-state index >= 15 is 0 Å². The van der Waals surface area contributed by atoms with Gasteiger partial charge in [-0.1, -0.05) is 0 Å². The number of nitrogens with zero attached hydrogens (tertiary/aromatic N) is 5. The lowest BCUT2D eigenvalue weighted by Crippen LogP contribution is -2.51. The van der Waals surface area contributed by atoms with E-state index in [0.717, 1.165) is 43.0 Å². The van der Waals surface area contributed by atoms with Crippen molar-refractivity contribution < 1.29 is 9.53 Å². The quantitative estimate of drug-likeness (QED) is 0.873. The smallest absolute Gasteiger partial charge is 0.271 e. The minimum atomic E-state index is -0.212. The molecular weight excluding hydrogens is 320 g/mol. The molecule has 8 nitrogen and oxygen atoms in total. The van der Waals surface area contributed by atoms with Gasteiger partial charge in [0.15, 0.2) is 5.69 Å². The van der Waals surface area contributed by atoms with Crippen molar-refractivity contribution in [3.63, 3.8) is 0 Å². The second kappa shape index (κ2) is 6.11. The molecule has 2 aromatic rings. The number of hydrogen-bond donors (Lipinski definition) is 1. The van der Waals surface area contributed by atoms with Gasteiger partial charge in [0, 0.05) is 31.9 Å². The molecule has 0 aromatic carbocycles. The highest BCUT2D eigenvalue weighted by Gasteiger charge is 2.40. The zero-order chi connectivity index (χ0) is 17.4. The number of aryl methyl sites for hydroxylation is 1. The Morgan fingerprint density at radius 3 is 2.88 bits per heavy atom. The molecule has 1 fully saturated rings. The van der Waals surface area contributed by atoms with Crippen LogP contribution in [0.1, 0.15) is 34.6 Å². The fourth-order valence-corrected chi connectivity index (χ4v) is 3.65. The summed E-state index contributed by atoms with van der Waals surface area (Å²) in [6.07, 6.45) is 5.26. The summed E-state index contributed by atoms with van der Waals surface area (Å²) >= 11 is 0. The van der Waals surface area contributed by atoms with Crippen LogP contribution in [0.15, 0.2) is 18.6 Å². The van der Waals surface area contributed by atoms with Crippen LogP contribution in [0, 0.1) is 6.92 Å². The number of rotatable bonds is 2. The van der Waals surface area contributed by atoms with Crippen molar-refractivity contribution in [3.05, 3.63) is 35.5 Å². The van der Waals surface area contributed by atoms with E-state index in [-0.39, 0.29) is 11.5 Å². The van der Waals surface area contributed by atoms with E-state index < -0.39 is 0 Å². The summed E-state index contributed by atoms with van der Waals surface area (Å²) in [6, 6.07) is 1.81. The molecule has 8 heteroatoms. The summed E-state index contributed by atoms with van der Waals surface area (Å²) in [6.45, 7) is 4.99. The summed E-state index contributed by atoms with van der Waals surface area (Å²) in [7, 11) is 1.61. The first kappa shape index (κ1) is 16.0. The number of ether oxygens (including phenoxy) is 1. The highest BCUT2D eigenvalue weighted by atomic mass is 16.5. The number of piperidine rings is 1. The number of fused-ring (bicyclic) bond motifs is 1. The van der Waals surface area contributed by atoms with Gasteiger partial charge in [-0.15, -0.1) is 0 Å². The Labute approximate surface area is 146 Å². The molecule has 4 heterocycles. The lowest BCUT2D eigenvalue weighted by Gasteiger charge is -2.44. The first-order valence-corrected chi connectivity index (χ1v) is 8.54. The van der Waals surface area contributed by atoms with E-state index in [1.54, 1.807) is 13.4 Å². The van der Waals surface area contributed by atoms with Gasteiger partial charge in [-0.2, -0.15) is 5.10 Å². The van der Waals surface area contributed by atoms with E-state index in [9.17, 15) is 4.79 Å². The van der Waals surface area contributed by atoms with E-state index in [1.165, 1.54) is 0 Å². The summed E-state index contributed by atoms with van der Waals surface area (Å²) in [5.74, 6) is 0.840. The monoisotopic (exact) mass is 342 g/mol. The van der Waals surface area contributed by atoms with Crippen LogP contribution in [0.5, 0.6) is 0 Å². The van der Waals surface area contributed by atoms with Crippen LogP contribution in [-0.4, -0.2) is 51.4 Å². The largest absolute Gasteiger partial charge is 0.367 e. The van der Waals surface area contributed by atoms with Crippen LogP contribution >= 0.6 is 0 Å². The molecule has 2 aliphatic heterocycles. The van der Waals surface area contributed by atoms with Gasteiger partial charge >= 0.3 is 0 Å². The molecule has 2 aromatic heterocycles. The van der Waals surface area contributed by atoms with E-state index in [4.69, 9.17) is 4.74 Å². The average Bonchev–Trinajstić information content (AvgIpc) is 3.05. The van der Waals surface area contributed by atoms with Crippen molar-refractivity contribution in [1.82, 2.24) is 25.1 Å². The van der Waals surface area contributed by atoms with Gasteiger partial charge in [0.2, 0.25) is 0 Å². The standard InChI is InChI=1S/C17H22N6O2/c1-12-8-19-11-20-15(12)22-5-3-17(4-6-22)10-23-13(9-25-17)7-14(21-23)16(24)18-2/h7-8,11H,3-6,9-10H2,1-2H3,(H,18,24). The third-order valence-corrected chi connectivity index (χ3v) is 5.13. The van der Waals surface area contributed by atoms with Gasteiger partial charge in [-0.3, -0.25) is 9.48 Å². The van der Waals surface area contributed by atoms with Crippen molar-refractivity contribution in [1.29, 1.82) is 0 Å². The summed E-state index contributed by atoms with van der Waals surface area (Å²) in [4.78, 5) is 22.6. The first-order chi connectivity index (χ1) is 12.1. The van der Waals surface area contributed by atoms with Crippen molar-refractivity contribution >= 4 is 11.7 Å². The van der Waals surface area contributed by atoms with Gasteiger partial charge in [0.05, 0.1) is 24.4 Å². The second-order valence-corrected chi connectivity index (χ2v) is 6.75. The maximum atomic E-state index is 11.8. The van der Waals surface area contributed by atoms with Crippen LogP contribution in [-0.2, 0) is 17.9 Å². The van der Waals surface area contributed by atoms with Crippen molar-refractivity contribution in [3.8, 4) is 0 Å². The molecule has 0 atom stereocenters.